The minimum Gasteiger partial charge on any atom is -0.453 e. The number of alkyl carbamates (subject to hydrolysis) is 1. The van der Waals surface area contributed by atoms with E-state index >= 15 is 0 Å². The molecule has 2 aromatic carbocycles. The molecule has 2 saturated heterocycles. The number of methoxy groups -OCH3 is 1. The van der Waals surface area contributed by atoms with E-state index in [1.54, 1.807) is 53.8 Å². The third-order valence-corrected chi connectivity index (χ3v) is 10.9. The molecule has 2 aromatic heterocycles. The number of carbonyl (C=O) groups is 4. The Morgan fingerprint density at radius 2 is 1.77 bits per heavy atom. The number of aromatic amines is 1. The summed E-state index contributed by atoms with van der Waals surface area (Å²) in [5.74, 6) is -0.550. The molecule has 2 aliphatic heterocycles. The average molecular weight is 797 g/mol. The molecule has 6 rings (SSSR count). The van der Waals surface area contributed by atoms with Gasteiger partial charge in [0, 0.05) is 60.4 Å². The lowest BCUT2D eigenvalue weighted by Gasteiger charge is -2.39. The molecule has 1 unspecified atom stereocenters. The zero-order valence-electron chi connectivity index (χ0n) is 30.5. The Kier molecular flexibility index (Phi) is 11.9. The van der Waals surface area contributed by atoms with Crippen molar-refractivity contribution in [2.45, 2.75) is 37.0 Å². The van der Waals surface area contributed by atoms with Gasteiger partial charge in [0.05, 0.1) is 42.2 Å². The summed E-state index contributed by atoms with van der Waals surface area (Å²) >= 11 is 0. The molecule has 0 spiro atoms. The molecular weight excluding hydrogens is 758 g/mol. The Morgan fingerprint density at radius 1 is 1.02 bits per heavy atom. The second-order valence-electron chi connectivity index (χ2n) is 13.3. The number of hydrogen-bond donors (Lipinski definition) is 3. The number of nitrogens with one attached hydrogen (secondary N) is 3. The third-order valence-electron chi connectivity index (χ3n) is 9.62. The maximum Gasteiger partial charge on any atom is 0.573 e. The Balaban J connectivity index is 1.17. The van der Waals surface area contributed by atoms with Gasteiger partial charge >= 0.3 is 12.5 Å². The summed E-state index contributed by atoms with van der Waals surface area (Å²) in [5.41, 5.74) is 1.92. The van der Waals surface area contributed by atoms with Crippen molar-refractivity contribution in [3.05, 3.63) is 78.4 Å². The normalized spacial score (nSPS) is 19.0. The molecule has 0 aliphatic carbocycles. The van der Waals surface area contributed by atoms with Gasteiger partial charge in [0.25, 0.3) is 5.91 Å². The van der Waals surface area contributed by atoms with Gasteiger partial charge < -0.3 is 39.8 Å². The molecule has 4 amide bonds. The highest BCUT2D eigenvalue weighted by molar-refractivity contribution is 7.84. The zero-order valence-corrected chi connectivity index (χ0v) is 31.4. The highest BCUT2D eigenvalue weighted by atomic mass is 32.2. The molecule has 15 nitrogen and oxygen atoms in total. The quantitative estimate of drug-likeness (QED) is 0.185. The minimum absolute atomic E-state index is 0.0298. The lowest BCUT2D eigenvalue weighted by atomic mass is 10.00. The van der Waals surface area contributed by atoms with Crippen LogP contribution >= 0.6 is 0 Å². The number of pyridine rings is 1. The fourth-order valence-corrected chi connectivity index (χ4v) is 7.57. The van der Waals surface area contributed by atoms with E-state index < -0.39 is 46.9 Å². The first-order valence-corrected chi connectivity index (χ1v) is 19.1. The summed E-state index contributed by atoms with van der Waals surface area (Å²) in [4.78, 5) is 66.2. The van der Waals surface area contributed by atoms with Crippen molar-refractivity contribution in [2.24, 2.45) is 0 Å². The van der Waals surface area contributed by atoms with Crippen LogP contribution in [0.5, 0.6) is 5.75 Å². The molecule has 0 saturated carbocycles. The second-order valence-corrected chi connectivity index (χ2v) is 14.9. The Hall–Kier alpha value is -5.98. The molecule has 2 fully saturated rings. The maximum atomic E-state index is 13.6. The number of rotatable bonds is 11. The fourth-order valence-electron chi connectivity index (χ4n) is 6.74. The summed E-state index contributed by atoms with van der Waals surface area (Å²) < 4.78 is 62.1. The van der Waals surface area contributed by atoms with Gasteiger partial charge in [-0.3, -0.25) is 18.6 Å². The average Bonchev–Trinajstić information content (AvgIpc) is 3.85. The number of amides is 4. The molecule has 3 N–H and O–H groups in total. The number of alkyl halides is 3. The van der Waals surface area contributed by atoms with Crippen molar-refractivity contribution >= 4 is 46.6 Å². The van der Waals surface area contributed by atoms with Crippen LogP contribution in [-0.2, 0) is 25.1 Å². The molecular formula is C37H39F3N8O7S. The van der Waals surface area contributed by atoms with E-state index in [0.717, 1.165) is 12.5 Å². The number of nitrogens with zero attached hydrogens (tertiary/aromatic N) is 5. The number of ether oxygens (including phenoxy) is 2. The predicted molar refractivity (Wildman–Crippen MR) is 200 cm³/mol. The highest BCUT2D eigenvalue weighted by Crippen LogP contribution is 2.37. The van der Waals surface area contributed by atoms with Crippen molar-refractivity contribution in [2.75, 3.05) is 56.3 Å². The summed E-state index contributed by atoms with van der Waals surface area (Å²) in [6.45, 7) is 3.55. The molecule has 19 heteroatoms. The minimum atomic E-state index is -5.04. The van der Waals surface area contributed by atoms with Crippen LogP contribution in [-0.4, -0.2) is 117 Å². The first-order chi connectivity index (χ1) is 26.7. The van der Waals surface area contributed by atoms with Crippen molar-refractivity contribution in [1.29, 1.82) is 0 Å². The Bertz CT molecular complexity index is 2100. The number of carbonyl (C=O) groups excluding carboxylic acids is 4. The van der Waals surface area contributed by atoms with Crippen LogP contribution in [0.1, 0.15) is 35.6 Å². The first-order valence-electron chi connectivity index (χ1n) is 17.5. The largest absolute Gasteiger partial charge is 0.573 e. The van der Waals surface area contributed by atoms with Gasteiger partial charge in [-0.2, -0.15) is 0 Å². The summed E-state index contributed by atoms with van der Waals surface area (Å²) in [5, 5.41) is 4.72. The van der Waals surface area contributed by atoms with Crippen LogP contribution in [0.15, 0.2) is 67.0 Å². The number of hydrogen-bond acceptors (Lipinski definition) is 10. The smallest absolute Gasteiger partial charge is 0.453 e. The topological polar surface area (TPSA) is 179 Å². The molecule has 2 aliphatic rings. The van der Waals surface area contributed by atoms with E-state index in [9.17, 15) is 36.6 Å². The van der Waals surface area contributed by atoms with Crippen LogP contribution < -0.4 is 20.3 Å². The standard InChI is InChI=1S/C37H39F3N8O7S/c1-22-19-46(21-49)12-13-47(22)32-11-9-26(16-41-32)44-35(51)25-8-10-28(31(14-25)55-37(38,39)40)23-4-6-24(7-5-23)29-17-42-34(45-29)30-15-27(56(3)53)20-48(30)33(50)18-43-36(52)54-2/h4-11,14,16-17,21-22,27,30H,12-13,15,18-20H2,1-3H3,(H,42,45)(H,43,52)(H,44,51)/t22-,27+,30+,56?/m1/s1. The Morgan fingerprint density at radius 3 is 2.41 bits per heavy atom. The molecule has 4 aromatic rings. The van der Waals surface area contributed by atoms with E-state index in [1.807, 2.05) is 11.8 Å². The van der Waals surface area contributed by atoms with Crippen molar-refractivity contribution in [3.8, 4) is 28.1 Å². The lowest BCUT2D eigenvalue weighted by Crippen LogP contribution is -2.51. The van der Waals surface area contributed by atoms with Gasteiger partial charge in [-0.1, -0.05) is 24.3 Å². The van der Waals surface area contributed by atoms with E-state index in [0.29, 0.717) is 60.2 Å². The van der Waals surface area contributed by atoms with Crippen molar-refractivity contribution in [1.82, 2.24) is 30.1 Å². The van der Waals surface area contributed by atoms with Crippen LogP contribution in [0, 0.1) is 0 Å². The molecule has 4 atom stereocenters. The third kappa shape index (κ3) is 9.27. The molecule has 56 heavy (non-hydrogen) atoms. The number of imidazole rings is 1. The molecule has 0 radical (unpaired) electrons. The number of aromatic nitrogens is 3. The molecule has 0 bridgehead atoms. The van der Waals surface area contributed by atoms with E-state index in [2.05, 4.69) is 35.1 Å². The number of anilines is 2. The van der Waals surface area contributed by atoms with Gasteiger partial charge in [0.2, 0.25) is 12.3 Å². The van der Waals surface area contributed by atoms with E-state index in [-0.39, 0.29) is 35.5 Å². The van der Waals surface area contributed by atoms with Gasteiger partial charge in [0.15, 0.2) is 0 Å². The SMILES string of the molecule is COC(=O)NCC(=O)N1C[C@@H](S(C)=O)C[C@H]1c1ncc(-c2ccc(-c3ccc(C(=O)Nc4ccc(N5CCN(C=O)C[C@H]5C)nc4)cc3OC(F)(F)F)cc2)[nH]1. The predicted octanol–water partition coefficient (Wildman–Crippen LogP) is 4.33. The number of piperazine rings is 1. The van der Waals surface area contributed by atoms with Gasteiger partial charge in [-0.25, -0.2) is 14.8 Å². The van der Waals surface area contributed by atoms with E-state index in [4.69, 9.17) is 0 Å². The zero-order chi connectivity index (χ0) is 40.1. The maximum absolute atomic E-state index is 13.6. The van der Waals surface area contributed by atoms with Crippen LogP contribution in [0.3, 0.4) is 0 Å². The second kappa shape index (κ2) is 16.8. The van der Waals surface area contributed by atoms with Gasteiger partial charge in [-0.15, -0.1) is 13.2 Å². The van der Waals surface area contributed by atoms with Crippen LogP contribution in [0.25, 0.3) is 22.4 Å². The van der Waals surface area contributed by atoms with Crippen LogP contribution in [0.4, 0.5) is 29.5 Å². The Labute approximate surface area is 322 Å². The van der Waals surface area contributed by atoms with Crippen molar-refractivity contribution < 1.29 is 46.0 Å². The van der Waals surface area contributed by atoms with E-state index in [1.165, 1.54) is 30.3 Å². The number of halogens is 3. The summed E-state index contributed by atoms with van der Waals surface area (Å²) in [7, 11) is -0.0449. The van der Waals surface area contributed by atoms with Crippen molar-refractivity contribution in [3.63, 3.8) is 0 Å². The number of likely N-dealkylation sites (tertiary alicyclic amines) is 1. The number of H-pyrrole nitrogens is 1. The fraction of sp³-hybridized carbons (Fsp3) is 0.351. The summed E-state index contributed by atoms with van der Waals surface area (Å²) in [6, 6.07) is 13.2. The number of benzene rings is 2. The molecule has 4 heterocycles. The monoisotopic (exact) mass is 796 g/mol. The first kappa shape index (κ1) is 39.7. The lowest BCUT2D eigenvalue weighted by molar-refractivity contribution is -0.274. The van der Waals surface area contributed by atoms with Crippen LogP contribution in [0.2, 0.25) is 0 Å². The molecule has 296 valence electrons. The highest BCUT2D eigenvalue weighted by Gasteiger charge is 2.39. The summed E-state index contributed by atoms with van der Waals surface area (Å²) in [6.07, 6.45) is -0.0453. The van der Waals surface area contributed by atoms with Gasteiger partial charge in [0.1, 0.15) is 23.9 Å². The van der Waals surface area contributed by atoms with Gasteiger partial charge in [-0.05, 0) is 54.8 Å².